The van der Waals surface area contributed by atoms with E-state index < -0.39 is 12.1 Å². The average Bonchev–Trinajstić information content (AvgIpc) is 3.23. The molecule has 59 heavy (non-hydrogen) atoms. The lowest BCUT2D eigenvalue weighted by Gasteiger charge is -2.18. The van der Waals surface area contributed by atoms with Gasteiger partial charge in [0, 0.05) is 19.3 Å². The monoisotopic (exact) mass is 819 g/mol. The first-order valence-electron chi connectivity index (χ1n) is 23.7. The molecule has 0 aromatic carbocycles. The van der Waals surface area contributed by atoms with E-state index in [9.17, 15) is 14.4 Å². The Morgan fingerprint density at radius 3 is 1.14 bits per heavy atom. The van der Waals surface area contributed by atoms with Gasteiger partial charge in [-0.3, -0.25) is 14.4 Å². The van der Waals surface area contributed by atoms with Crippen molar-refractivity contribution in [1.82, 2.24) is 0 Å². The lowest BCUT2D eigenvalue weighted by Crippen LogP contribution is -2.30. The second-order valence-electron chi connectivity index (χ2n) is 15.2. The van der Waals surface area contributed by atoms with Crippen molar-refractivity contribution in [1.29, 1.82) is 0 Å². The quantitative estimate of drug-likeness (QED) is 0.0265. The number of hydrogen-bond acceptors (Lipinski definition) is 6. The van der Waals surface area contributed by atoms with E-state index in [0.29, 0.717) is 25.7 Å². The van der Waals surface area contributed by atoms with Crippen LogP contribution in [0, 0.1) is 0 Å². The molecule has 0 spiro atoms. The van der Waals surface area contributed by atoms with Gasteiger partial charge in [-0.05, 0) is 103 Å². The molecule has 1 unspecified atom stereocenters. The average molecular weight is 819 g/mol. The summed E-state index contributed by atoms with van der Waals surface area (Å²) in [5.74, 6) is -1.05. The van der Waals surface area contributed by atoms with Crippen LogP contribution in [0.3, 0.4) is 0 Å². The Hall–Kier alpha value is -3.67. The Morgan fingerprint density at radius 1 is 0.356 bits per heavy atom. The zero-order valence-electron chi connectivity index (χ0n) is 38.0. The number of rotatable bonds is 41. The summed E-state index contributed by atoms with van der Waals surface area (Å²) < 4.78 is 16.6. The predicted octanol–water partition coefficient (Wildman–Crippen LogP) is 15.4. The summed E-state index contributed by atoms with van der Waals surface area (Å²) >= 11 is 0. The van der Waals surface area contributed by atoms with E-state index in [1.807, 2.05) is 6.08 Å². The highest BCUT2D eigenvalue weighted by Crippen LogP contribution is 2.12. The highest BCUT2D eigenvalue weighted by atomic mass is 16.6. The van der Waals surface area contributed by atoms with Crippen molar-refractivity contribution in [3.05, 3.63) is 97.2 Å². The van der Waals surface area contributed by atoms with Crippen molar-refractivity contribution in [3.8, 4) is 0 Å². The SMILES string of the molecule is CC/C=C\C/C=C\C/C=C\CCCCCCCCC(=O)OCC(COC(=O)CCCC/C=C\C/C=C\C/C=C\CC)OC(=O)CC/C=C\C/C=C\CCCCCCCC. The maximum Gasteiger partial charge on any atom is 0.306 e. The Labute approximate surface area is 362 Å². The molecule has 334 valence electrons. The summed E-state index contributed by atoms with van der Waals surface area (Å²) in [6, 6.07) is 0. The van der Waals surface area contributed by atoms with Crippen LogP contribution in [0.25, 0.3) is 0 Å². The minimum atomic E-state index is -0.828. The lowest BCUT2D eigenvalue weighted by atomic mass is 10.1. The van der Waals surface area contributed by atoms with Gasteiger partial charge in [0.2, 0.25) is 0 Å². The fourth-order valence-electron chi connectivity index (χ4n) is 6.05. The van der Waals surface area contributed by atoms with Crippen molar-refractivity contribution < 1.29 is 28.6 Å². The fraction of sp³-hybridized carbons (Fsp3) is 0.642. The van der Waals surface area contributed by atoms with Crippen LogP contribution < -0.4 is 0 Å². The van der Waals surface area contributed by atoms with Gasteiger partial charge in [-0.1, -0.05) is 176 Å². The van der Waals surface area contributed by atoms with E-state index in [1.165, 1.54) is 51.4 Å². The number of esters is 3. The summed E-state index contributed by atoms with van der Waals surface area (Å²) in [7, 11) is 0. The predicted molar refractivity (Wildman–Crippen MR) is 251 cm³/mol. The largest absolute Gasteiger partial charge is 0.462 e. The number of unbranched alkanes of at least 4 members (excludes halogenated alkanes) is 14. The van der Waals surface area contributed by atoms with Gasteiger partial charge in [-0.15, -0.1) is 0 Å². The van der Waals surface area contributed by atoms with Crippen molar-refractivity contribution >= 4 is 17.9 Å². The highest BCUT2D eigenvalue weighted by molar-refractivity contribution is 5.71. The third-order valence-electron chi connectivity index (χ3n) is 9.57. The third-order valence-corrected chi connectivity index (χ3v) is 9.57. The van der Waals surface area contributed by atoms with Crippen molar-refractivity contribution in [3.63, 3.8) is 0 Å². The van der Waals surface area contributed by atoms with Gasteiger partial charge in [-0.2, -0.15) is 0 Å². The summed E-state index contributed by atoms with van der Waals surface area (Å²) in [6.07, 6.45) is 61.2. The van der Waals surface area contributed by atoms with E-state index in [4.69, 9.17) is 14.2 Å². The van der Waals surface area contributed by atoms with E-state index in [-0.39, 0.29) is 31.6 Å². The van der Waals surface area contributed by atoms with Gasteiger partial charge in [0.1, 0.15) is 13.2 Å². The number of carbonyl (C=O) groups is 3. The number of carbonyl (C=O) groups excluding carboxylic acids is 3. The minimum Gasteiger partial charge on any atom is -0.462 e. The standard InChI is InChI=1S/C53H86O6/c1-4-7-10-13-16-19-22-25-26-27-29-31-34-37-40-43-46-52(55)58-49-50(48-57-51(54)45-42-39-36-33-30-24-21-18-15-12-9-6-3)59-53(56)47-44-41-38-35-32-28-23-20-17-14-11-8-5-2/h7,9-10,12,16,18-19,21,25-26,28,30,32-33,38,41,50H,4-6,8,11,13-15,17,20,22-24,27,29,31,34-37,39-40,42-49H2,1-3H3/b10-7-,12-9-,19-16-,21-18-,26-25-,32-28-,33-30-,41-38-. The van der Waals surface area contributed by atoms with Gasteiger partial charge >= 0.3 is 17.9 Å². The molecule has 1 atom stereocenters. The molecule has 0 saturated heterocycles. The van der Waals surface area contributed by atoms with Crippen LogP contribution >= 0.6 is 0 Å². The first-order chi connectivity index (χ1) is 29.0. The number of allylic oxidation sites excluding steroid dienone is 16. The van der Waals surface area contributed by atoms with Gasteiger partial charge in [0.25, 0.3) is 0 Å². The molecule has 0 radical (unpaired) electrons. The van der Waals surface area contributed by atoms with E-state index in [2.05, 4.69) is 112 Å². The molecule has 0 rings (SSSR count). The Kier molecular flexibility index (Phi) is 44.1. The smallest absolute Gasteiger partial charge is 0.306 e. The molecular weight excluding hydrogens is 733 g/mol. The van der Waals surface area contributed by atoms with Crippen LogP contribution in [0.4, 0.5) is 0 Å². The first kappa shape index (κ1) is 55.3. The molecule has 0 bridgehead atoms. The zero-order valence-corrected chi connectivity index (χ0v) is 38.0. The first-order valence-corrected chi connectivity index (χ1v) is 23.7. The van der Waals surface area contributed by atoms with Gasteiger partial charge < -0.3 is 14.2 Å². The molecule has 0 aliphatic heterocycles. The second-order valence-corrected chi connectivity index (χ2v) is 15.2. The Balaban J connectivity index is 4.52. The van der Waals surface area contributed by atoms with Gasteiger partial charge in [0.15, 0.2) is 6.10 Å². The van der Waals surface area contributed by atoms with Gasteiger partial charge in [-0.25, -0.2) is 0 Å². The molecule has 0 aliphatic rings. The van der Waals surface area contributed by atoms with Crippen LogP contribution in [0.2, 0.25) is 0 Å². The molecule has 0 amide bonds. The Morgan fingerprint density at radius 2 is 0.695 bits per heavy atom. The van der Waals surface area contributed by atoms with E-state index in [0.717, 1.165) is 96.3 Å². The molecule has 6 heteroatoms. The topological polar surface area (TPSA) is 78.9 Å². The molecule has 6 nitrogen and oxygen atoms in total. The fourth-order valence-corrected chi connectivity index (χ4v) is 6.05. The zero-order chi connectivity index (χ0) is 43.0. The summed E-state index contributed by atoms with van der Waals surface area (Å²) in [4.78, 5) is 37.8. The number of ether oxygens (including phenoxy) is 3. The maximum atomic E-state index is 12.7. The molecule has 0 aromatic heterocycles. The van der Waals surface area contributed by atoms with Crippen molar-refractivity contribution in [2.24, 2.45) is 0 Å². The highest BCUT2D eigenvalue weighted by Gasteiger charge is 2.19. The van der Waals surface area contributed by atoms with Crippen LogP contribution in [-0.4, -0.2) is 37.2 Å². The molecule has 0 aromatic rings. The van der Waals surface area contributed by atoms with Crippen molar-refractivity contribution in [2.45, 2.75) is 207 Å². The molecule has 0 N–H and O–H groups in total. The summed E-state index contributed by atoms with van der Waals surface area (Å²) in [6.45, 7) is 6.28. The van der Waals surface area contributed by atoms with Crippen LogP contribution in [0.15, 0.2) is 97.2 Å². The van der Waals surface area contributed by atoms with Crippen LogP contribution in [-0.2, 0) is 28.6 Å². The normalized spacial score (nSPS) is 12.9. The van der Waals surface area contributed by atoms with E-state index in [1.54, 1.807) is 0 Å². The minimum absolute atomic E-state index is 0.121. The van der Waals surface area contributed by atoms with Crippen molar-refractivity contribution in [2.75, 3.05) is 13.2 Å². The van der Waals surface area contributed by atoms with Gasteiger partial charge in [0.05, 0.1) is 0 Å². The Bertz CT molecular complexity index is 1220. The molecular formula is C53H86O6. The molecule has 0 saturated carbocycles. The lowest BCUT2D eigenvalue weighted by molar-refractivity contribution is -0.166. The number of hydrogen-bond donors (Lipinski definition) is 0. The summed E-state index contributed by atoms with van der Waals surface area (Å²) in [5.41, 5.74) is 0. The van der Waals surface area contributed by atoms with Crippen LogP contribution in [0.1, 0.15) is 201 Å². The molecule has 0 fully saturated rings. The summed E-state index contributed by atoms with van der Waals surface area (Å²) in [5, 5.41) is 0. The molecule has 0 heterocycles. The van der Waals surface area contributed by atoms with Crippen LogP contribution in [0.5, 0.6) is 0 Å². The maximum absolute atomic E-state index is 12.7. The third kappa shape index (κ3) is 45.3. The second kappa shape index (κ2) is 47.0. The molecule has 0 aliphatic carbocycles. The van der Waals surface area contributed by atoms with E-state index >= 15 is 0 Å².